The molecular formula is C14H21NO3. The van der Waals surface area contributed by atoms with E-state index in [4.69, 9.17) is 9.15 Å². The van der Waals surface area contributed by atoms with Gasteiger partial charge in [-0.05, 0) is 31.1 Å². The minimum atomic E-state index is -0.111. The van der Waals surface area contributed by atoms with Crippen LogP contribution in [0.4, 0.5) is 0 Å². The SMILES string of the molecule is CCCCOCCCNC(=O)/C=C/c1ccco1. The second-order valence-corrected chi connectivity index (χ2v) is 3.96. The van der Waals surface area contributed by atoms with Crippen LogP contribution in [-0.4, -0.2) is 25.7 Å². The topological polar surface area (TPSA) is 51.5 Å². The summed E-state index contributed by atoms with van der Waals surface area (Å²) in [7, 11) is 0. The summed E-state index contributed by atoms with van der Waals surface area (Å²) in [6, 6.07) is 3.58. The third-order valence-electron chi connectivity index (χ3n) is 2.35. The van der Waals surface area contributed by atoms with Crippen molar-refractivity contribution in [3.63, 3.8) is 0 Å². The quantitative estimate of drug-likeness (QED) is 0.542. The highest BCUT2D eigenvalue weighted by atomic mass is 16.5. The van der Waals surface area contributed by atoms with Gasteiger partial charge in [-0.3, -0.25) is 4.79 Å². The van der Waals surface area contributed by atoms with Gasteiger partial charge in [-0.2, -0.15) is 0 Å². The number of hydrogen-bond acceptors (Lipinski definition) is 3. The van der Waals surface area contributed by atoms with Crippen molar-refractivity contribution in [2.24, 2.45) is 0 Å². The van der Waals surface area contributed by atoms with Gasteiger partial charge in [-0.15, -0.1) is 0 Å². The first-order valence-corrected chi connectivity index (χ1v) is 6.40. The van der Waals surface area contributed by atoms with Gasteiger partial charge in [0.15, 0.2) is 0 Å². The van der Waals surface area contributed by atoms with E-state index in [2.05, 4.69) is 12.2 Å². The Morgan fingerprint density at radius 2 is 2.28 bits per heavy atom. The Bertz CT molecular complexity index is 344. The largest absolute Gasteiger partial charge is 0.465 e. The van der Waals surface area contributed by atoms with Gasteiger partial charge < -0.3 is 14.5 Å². The van der Waals surface area contributed by atoms with Gasteiger partial charge in [0.25, 0.3) is 0 Å². The van der Waals surface area contributed by atoms with Gasteiger partial charge in [0.1, 0.15) is 5.76 Å². The fourth-order valence-corrected chi connectivity index (χ4v) is 1.34. The van der Waals surface area contributed by atoms with Crippen LogP contribution in [-0.2, 0) is 9.53 Å². The van der Waals surface area contributed by atoms with Crippen LogP contribution in [0, 0.1) is 0 Å². The molecule has 0 aliphatic heterocycles. The minimum Gasteiger partial charge on any atom is -0.465 e. The van der Waals surface area contributed by atoms with E-state index in [9.17, 15) is 4.79 Å². The number of carbonyl (C=O) groups excluding carboxylic acids is 1. The number of carbonyl (C=O) groups is 1. The maximum absolute atomic E-state index is 11.4. The number of hydrogen-bond donors (Lipinski definition) is 1. The monoisotopic (exact) mass is 251 g/mol. The van der Waals surface area contributed by atoms with E-state index in [1.807, 2.05) is 0 Å². The molecule has 0 spiro atoms. The predicted octanol–water partition coefficient (Wildman–Crippen LogP) is 2.62. The molecule has 4 heteroatoms. The van der Waals surface area contributed by atoms with Crippen molar-refractivity contribution in [1.29, 1.82) is 0 Å². The van der Waals surface area contributed by atoms with E-state index in [-0.39, 0.29) is 5.91 Å². The van der Waals surface area contributed by atoms with Gasteiger partial charge in [0.05, 0.1) is 6.26 Å². The van der Waals surface area contributed by atoms with Crippen molar-refractivity contribution in [3.05, 3.63) is 30.2 Å². The van der Waals surface area contributed by atoms with Gasteiger partial charge in [-0.25, -0.2) is 0 Å². The lowest BCUT2D eigenvalue weighted by Crippen LogP contribution is -2.23. The second-order valence-electron chi connectivity index (χ2n) is 3.96. The summed E-state index contributed by atoms with van der Waals surface area (Å²) in [4.78, 5) is 11.4. The summed E-state index contributed by atoms with van der Waals surface area (Å²) in [5.74, 6) is 0.563. The lowest BCUT2D eigenvalue weighted by atomic mass is 10.3. The lowest BCUT2D eigenvalue weighted by Gasteiger charge is -2.03. The predicted molar refractivity (Wildman–Crippen MR) is 71.1 cm³/mol. The van der Waals surface area contributed by atoms with E-state index in [1.54, 1.807) is 24.5 Å². The number of nitrogens with one attached hydrogen (secondary N) is 1. The summed E-state index contributed by atoms with van der Waals surface area (Å²) in [6.07, 6.45) is 7.77. The molecule has 0 aliphatic carbocycles. The molecule has 1 N–H and O–H groups in total. The van der Waals surface area contributed by atoms with Gasteiger partial charge in [-0.1, -0.05) is 13.3 Å². The van der Waals surface area contributed by atoms with Crippen LogP contribution in [0.1, 0.15) is 31.9 Å². The average Bonchev–Trinajstić information content (AvgIpc) is 2.88. The summed E-state index contributed by atoms with van der Waals surface area (Å²) >= 11 is 0. The highest BCUT2D eigenvalue weighted by molar-refractivity contribution is 5.91. The Kier molecular flexibility index (Phi) is 7.64. The Balaban J connectivity index is 2.00. The molecule has 0 saturated carbocycles. The molecule has 0 aliphatic rings. The molecule has 0 fully saturated rings. The number of rotatable bonds is 9. The summed E-state index contributed by atoms with van der Waals surface area (Å²) in [6.45, 7) is 4.27. The third-order valence-corrected chi connectivity index (χ3v) is 2.35. The Labute approximate surface area is 108 Å². The van der Waals surface area contributed by atoms with Crippen LogP contribution in [0.25, 0.3) is 6.08 Å². The molecule has 0 aromatic carbocycles. The molecule has 4 nitrogen and oxygen atoms in total. The number of furan rings is 1. The molecule has 0 saturated heterocycles. The van der Waals surface area contributed by atoms with Gasteiger partial charge in [0, 0.05) is 25.8 Å². The maximum Gasteiger partial charge on any atom is 0.244 e. The average molecular weight is 251 g/mol. The van der Waals surface area contributed by atoms with Crippen LogP contribution < -0.4 is 5.32 Å². The number of amides is 1. The van der Waals surface area contributed by atoms with E-state index >= 15 is 0 Å². The number of unbranched alkanes of at least 4 members (excludes halogenated alkanes) is 1. The van der Waals surface area contributed by atoms with E-state index < -0.39 is 0 Å². The Hall–Kier alpha value is -1.55. The fourth-order valence-electron chi connectivity index (χ4n) is 1.34. The van der Waals surface area contributed by atoms with Crippen LogP contribution >= 0.6 is 0 Å². The first-order valence-electron chi connectivity index (χ1n) is 6.40. The summed E-state index contributed by atoms with van der Waals surface area (Å²) < 4.78 is 10.5. The lowest BCUT2D eigenvalue weighted by molar-refractivity contribution is -0.116. The second kappa shape index (κ2) is 9.48. The first kappa shape index (κ1) is 14.5. The van der Waals surface area contributed by atoms with E-state index in [0.717, 1.165) is 25.9 Å². The molecule has 0 unspecified atom stereocenters. The Morgan fingerprint density at radius 3 is 3.00 bits per heavy atom. The molecule has 100 valence electrons. The fraction of sp³-hybridized carbons (Fsp3) is 0.500. The summed E-state index contributed by atoms with van der Waals surface area (Å²) in [5.41, 5.74) is 0. The van der Waals surface area contributed by atoms with Crippen LogP contribution in [0.3, 0.4) is 0 Å². The highest BCUT2D eigenvalue weighted by Gasteiger charge is 1.95. The standard InChI is InChI=1S/C14H21NO3/c1-2-3-10-17-11-5-9-15-14(16)8-7-13-6-4-12-18-13/h4,6-8,12H,2-3,5,9-11H2,1H3,(H,15,16)/b8-7+. The molecule has 1 aromatic heterocycles. The molecule has 0 bridgehead atoms. The van der Waals surface area contributed by atoms with Crippen LogP contribution in [0.15, 0.2) is 28.9 Å². The molecule has 0 radical (unpaired) electrons. The third kappa shape index (κ3) is 6.91. The zero-order valence-corrected chi connectivity index (χ0v) is 10.9. The van der Waals surface area contributed by atoms with Gasteiger partial charge in [0.2, 0.25) is 5.91 Å². The Morgan fingerprint density at radius 1 is 1.44 bits per heavy atom. The number of ether oxygens (including phenoxy) is 1. The van der Waals surface area contributed by atoms with Crippen molar-refractivity contribution in [2.75, 3.05) is 19.8 Å². The summed E-state index contributed by atoms with van der Waals surface area (Å²) in [5, 5.41) is 2.79. The van der Waals surface area contributed by atoms with E-state index in [0.29, 0.717) is 18.9 Å². The van der Waals surface area contributed by atoms with Crippen LogP contribution in [0.2, 0.25) is 0 Å². The molecule has 1 aromatic rings. The minimum absolute atomic E-state index is 0.111. The molecule has 0 atom stereocenters. The molecule has 1 heterocycles. The van der Waals surface area contributed by atoms with Crippen molar-refractivity contribution in [2.45, 2.75) is 26.2 Å². The zero-order chi connectivity index (χ0) is 13.1. The molecular weight excluding hydrogens is 230 g/mol. The van der Waals surface area contributed by atoms with Gasteiger partial charge >= 0.3 is 0 Å². The normalized spacial score (nSPS) is 10.9. The van der Waals surface area contributed by atoms with Crippen molar-refractivity contribution in [3.8, 4) is 0 Å². The molecule has 1 rings (SSSR count). The maximum atomic E-state index is 11.4. The molecule has 18 heavy (non-hydrogen) atoms. The van der Waals surface area contributed by atoms with Crippen molar-refractivity contribution in [1.82, 2.24) is 5.32 Å². The van der Waals surface area contributed by atoms with Crippen molar-refractivity contribution < 1.29 is 13.9 Å². The smallest absolute Gasteiger partial charge is 0.244 e. The highest BCUT2D eigenvalue weighted by Crippen LogP contribution is 2.01. The molecule has 1 amide bonds. The zero-order valence-electron chi connectivity index (χ0n) is 10.9. The van der Waals surface area contributed by atoms with Crippen LogP contribution in [0.5, 0.6) is 0 Å². The van der Waals surface area contributed by atoms with Crippen molar-refractivity contribution >= 4 is 12.0 Å². The van der Waals surface area contributed by atoms with E-state index in [1.165, 1.54) is 6.08 Å². The first-order chi connectivity index (χ1) is 8.83.